The molecule has 1 N–H and O–H groups in total. The van der Waals surface area contributed by atoms with Crippen LogP contribution in [-0.2, 0) is 19.1 Å². The number of nitrogens with zero attached hydrogens (tertiary/aromatic N) is 1. The van der Waals surface area contributed by atoms with Crippen LogP contribution in [0.5, 0.6) is 0 Å². The van der Waals surface area contributed by atoms with Crippen molar-refractivity contribution in [3.05, 3.63) is 0 Å². The molecule has 0 amide bonds. The first kappa shape index (κ1) is 54.9. The topological polar surface area (TPSA) is 72.8 Å². The van der Waals surface area contributed by atoms with Crippen LogP contribution in [0.4, 0.5) is 0 Å². The lowest BCUT2D eigenvalue weighted by Crippen LogP contribution is -2.47. The minimum Gasteiger partial charge on any atom is -0.466 e. The zero-order valence-corrected chi connectivity index (χ0v) is 38.7. The van der Waals surface area contributed by atoms with Gasteiger partial charge in [-0.05, 0) is 76.5 Å². The molecular weight excluding hydrogens is 695 g/mol. The number of esters is 2. The van der Waals surface area contributed by atoms with E-state index in [0.717, 1.165) is 87.8 Å². The predicted molar refractivity (Wildman–Crippen MR) is 241 cm³/mol. The van der Waals surface area contributed by atoms with Gasteiger partial charge in [-0.3, -0.25) is 9.59 Å². The molecule has 0 spiro atoms. The second-order valence-electron chi connectivity index (χ2n) is 18.0. The Morgan fingerprint density at radius 2 is 0.857 bits per heavy atom. The van der Waals surface area contributed by atoms with Gasteiger partial charge in [0.25, 0.3) is 0 Å². The van der Waals surface area contributed by atoms with Crippen molar-refractivity contribution in [1.29, 1.82) is 0 Å². The molecule has 2 atom stereocenters. The fourth-order valence-electron chi connectivity index (χ4n) is 8.47. The highest BCUT2D eigenvalue weighted by Crippen LogP contribution is 2.23. The molecule has 334 valence electrons. The number of rotatable bonds is 45. The molecule has 0 aromatic rings. The normalized spacial score (nSPS) is 13.3. The Balaban J connectivity index is 4.08. The Labute approximate surface area is 350 Å². The Morgan fingerprint density at radius 1 is 0.446 bits per heavy atom. The second-order valence-corrected chi connectivity index (χ2v) is 18.0. The van der Waals surface area contributed by atoms with Gasteiger partial charge in [0.15, 0.2) is 0 Å². The zero-order valence-electron chi connectivity index (χ0n) is 38.7. The van der Waals surface area contributed by atoms with Crippen molar-refractivity contribution < 1.29 is 28.7 Å². The number of unbranched alkanes of at least 4 members (excludes halogenated alkanes) is 22. The van der Waals surface area contributed by atoms with Crippen LogP contribution in [0.2, 0.25) is 0 Å². The first-order valence-corrected chi connectivity index (χ1v) is 25.1. The van der Waals surface area contributed by atoms with E-state index in [-0.39, 0.29) is 24.6 Å². The highest BCUT2D eigenvalue weighted by atomic mass is 16.5. The van der Waals surface area contributed by atoms with E-state index in [0.29, 0.717) is 19.4 Å². The largest absolute Gasteiger partial charge is 0.466 e. The van der Waals surface area contributed by atoms with E-state index in [2.05, 4.69) is 34.7 Å². The molecule has 0 fully saturated rings. The lowest BCUT2D eigenvalue weighted by Gasteiger charge is -2.34. The van der Waals surface area contributed by atoms with Crippen LogP contribution in [0.15, 0.2) is 0 Å². The van der Waals surface area contributed by atoms with Gasteiger partial charge in [-0.25, -0.2) is 0 Å². The van der Waals surface area contributed by atoms with Gasteiger partial charge < -0.3 is 19.1 Å². The Bertz CT molecular complexity index is 820. The zero-order chi connectivity index (χ0) is 41.2. The molecule has 0 saturated carbocycles. The number of quaternary nitrogens is 1. The third kappa shape index (κ3) is 37.2. The summed E-state index contributed by atoms with van der Waals surface area (Å²) in [5.74, 6) is 0.885. The molecule has 6 heteroatoms. The van der Waals surface area contributed by atoms with Crippen molar-refractivity contribution in [2.45, 2.75) is 265 Å². The molecular formula is C50H100NO5+. The summed E-state index contributed by atoms with van der Waals surface area (Å²) in [6, 6.07) is 0. The van der Waals surface area contributed by atoms with Crippen LogP contribution in [0, 0.1) is 5.92 Å². The van der Waals surface area contributed by atoms with Gasteiger partial charge in [-0.2, -0.15) is 0 Å². The molecule has 0 bridgehead atoms. The van der Waals surface area contributed by atoms with Crippen LogP contribution in [0.1, 0.15) is 259 Å². The van der Waals surface area contributed by atoms with Crippen LogP contribution in [-0.4, -0.2) is 67.5 Å². The van der Waals surface area contributed by atoms with Gasteiger partial charge in [-0.15, -0.1) is 0 Å². The Kier molecular flexibility index (Phi) is 41.1. The molecule has 0 aromatic carbocycles. The summed E-state index contributed by atoms with van der Waals surface area (Å²) >= 11 is 0. The Hall–Kier alpha value is -1.14. The number of hydrogen-bond acceptors (Lipinski definition) is 5. The summed E-state index contributed by atoms with van der Waals surface area (Å²) in [6.07, 6.45) is 42.6. The smallest absolute Gasteiger partial charge is 0.306 e. The van der Waals surface area contributed by atoms with Gasteiger partial charge in [-0.1, -0.05) is 175 Å². The van der Waals surface area contributed by atoms with Crippen LogP contribution >= 0.6 is 0 Å². The Morgan fingerprint density at radius 3 is 1.38 bits per heavy atom. The fraction of sp³-hybridized carbons (Fsp3) is 0.960. The van der Waals surface area contributed by atoms with E-state index >= 15 is 0 Å². The standard InChI is InChI=1S/C50H100NO5/c1-6-10-13-15-19-28-38-48(39-29-20-16-14-11-7-2)56-50(54)41-31-22-18-24-33-43-51(5,44-45-52)42-32-23-17-21-30-40-49(53)55-46-34-25-27-37-47(35-9-4)36-26-12-8-3/h47-48,52H,6-46H2,1-5H3/q+1. The monoisotopic (exact) mass is 795 g/mol. The number of carbonyl (C=O) groups is 2. The van der Waals surface area contributed by atoms with Gasteiger partial charge >= 0.3 is 11.9 Å². The summed E-state index contributed by atoms with van der Waals surface area (Å²) in [5.41, 5.74) is 0. The van der Waals surface area contributed by atoms with Crippen molar-refractivity contribution in [1.82, 2.24) is 0 Å². The average Bonchev–Trinajstić information content (AvgIpc) is 3.18. The van der Waals surface area contributed by atoms with E-state index < -0.39 is 0 Å². The number of carbonyl (C=O) groups excluding carboxylic acids is 2. The number of aliphatic hydroxyl groups is 1. The van der Waals surface area contributed by atoms with E-state index in [1.807, 2.05) is 0 Å². The summed E-state index contributed by atoms with van der Waals surface area (Å²) in [5, 5.41) is 9.78. The summed E-state index contributed by atoms with van der Waals surface area (Å²) in [4.78, 5) is 25.0. The predicted octanol–water partition coefficient (Wildman–Crippen LogP) is 14.6. The van der Waals surface area contributed by atoms with Crippen molar-refractivity contribution in [2.24, 2.45) is 5.92 Å². The SMILES string of the molecule is CCCCCCCCC(CCCCCCCC)OC(=O)CCCCCCC[N+](C)(CCO)CCCCCCCC(=O)OCCCCCC(CCC)CCCCC. The highest BCUT2D eigenvalue weighted by molar-refractivity contribution is 5.69. The molecule has 0 aliphatic heterocycles. The quantitative estimate of drug-likeness (QED) is 0.0378. The summed E-state index contributed by atoms with van der Waals surface area (Å²) < 4.78 is 12.5. The molecule has 0 aliphatic rings. The van der Waals surface area contributed by atoms with Crippen molar-refractivity contribution in [2.75, 3.05) is 39.9 Å². The number of likely N-dealkylation sites (N-methyl/N-ethyl adjacent to an activating group) is 1. The second kappa shape index (κ2) is 42.0. The fourth-order valence-corrected chi connectivity index (χ4v) is 8.47. The minimum atomic E-state index is -0.0215. The van der Waals surface area contributed by atoms with Gasteiger partial charge in [0, 0.05) is 12.8 Å². The number of ether oxygens (including phenoxy) is 2. The molecule has 2 unspecified atom stereocenters. The van der Waals surface area contributed by atoms with Crippen LogP contribution < -0.4 is 0 Å². The maximum Gasteiger partial charge on any atom is 0.306 e. The molecule has 56 heavy (non-hydrogen) atoms. The van der Waals surface area contributed by atoms with Gasteiger partial charge in [0.05, 0.1) is 33.4 Å². The van der Waals surface area contributed by atoms with Crippen molar-refractivity contribution in [3.63, 3.8) is 0 Å². The molecule has 6 nitrogen and oxygen atoms in total. The average molecular weight is 795 g/mol. The molecule has 0 aliphatic carbocycles. The first-order valence-electron chi connectivity index (χ1n) is 25.1. The van der Waals surface area contributed by atoms with Gasteiger partial charge in [0.1, 0.15) is 12.6 Å². The van der Waals surface area contributed by atoms with E-state index in [4.69, 9.17) is 9.47 Å². The lowest BCUT2D eigenvalue weighted by atomic mass is 9.91. The van der Waals surface area contributed by atoms with E-state index in [1.54, 1.807) is 0 Å². The van der Waals surface area contributed by atoms with Crippen LogP contribution in [0.3, 0.4) is 0 Å². The molecule has 0 heterocycles. The maximum absolute atomic E-state index is 12.8. The summed E-state index contributed by atoms with van der Waals surface area (Å²) in [7, 11) is 2.30. The first-order chi connectivity index (χ1) is 27.3. The number of hydrogen-bond donors (Lipinski definition) is 1. The molecule has 0 saturated heterocycles. The number of aliphatic hydroxyl groups excluding tert-OH is 1. The minimum absolute atomic E-state index is 0.0174. The maximum atomic E-state index is 12.8. The van der Waals surface area contributed by atoms with Gasteiger partial charge in [0.2, 0.25) is 0 Å². The van der Waals surface area contributed by atoms with E-state index in [9.17, 15) is 14.7 Å². The third-order valence-electron chi connectivity index (χ3n) is 12.3. The van der Waals surface area contributed by atoms with E-state index in [1.165, 1.54) is 161 Å². The van der Waals surface area contributed by atoms with Crippen molar-refractivity contribution >= 4 is 11.9 Å². The highest BCUT2D eigenvalue weighted by Gasteiger charge is 2.20. The molecule has 0 radical (unpaired) electrons. The summed E-state index contributed by atoms with van der Waals surface area (Å²) in [6.45, 7) is 13.0. The lowest BCUT2D eigenvalue weighted by molar-refractivity contribution is -0.910. The third-order valence-corrected chi connectivity index (χ3v) is 12.3. The molecule has 0 rings (SSSR count). The molecule has 0 aromatic heterocycles. The van der Waals surface area contributed by atoms with Crippen molar-refractivity contribution in [3.8, 4) is 0 Å². The van der Waals surface area contributed by atoms with Crippen LogP contribution in [0.25, 0.3) is 0 Å².